The maximum Gasteiger partial charge on any atom is 0.224 e. The summed E-state index contributed by atoms with van der Waals surface area (Å²) in [5.74, 6) is 1.51. The van der Waals surface area contributed by atoms with Gasteiger partial charge in [-0.25, -0.2) is 0 Å². The lowest BCUT2D eigenvalue weighted by Gasteiger charge is -2.35. The molecule has 152 valence electrons. The summed E-state index contributed by atoms with van der Waals surface area (Å²) in [6.07, 6.45) is 3.00. The average molecular weight is 400 g/mol. The Labute approximate surface area is 175 Å². The summed E-state index contributed by atoms with van der Waals surface area (Å²) < 4.78 is 7.56. The standard InChI is InChI=1S/C25H24N2O3/c1-16(28)26-14-6-9-22-24(29)21-12-10-17-15-19(30-2)11-13-20(17)23(21)27(25(22)26)18-7-4-3-5-8-18/h3-5,7-8,11,13,15H,6,9-10,12,14H2,1-2H3. The summed E-state index contributed by atoms with van der Waals surface area (Å²) in [6.45, 7) is 2.20. The zero-order valence-electron chi connectivity index (χ0n) is 17.3. The fraction of sp³-hybridized carbons (Fsp3) is 0.280. The number of benzene rings is 2. The predicted octanol–water partition coefficient (Wildman–Crippen LogP) is 3.91. The Morgan fingerprint density at radius 1 is 1.00 bits per heavy atom. The highest BCUT2D eigenvalue weighted by molar-refractivity contribution is 5.93. The number of fused-ring (bicyclic) bond motifs is 4. The van der Waals surface area contributed by atoms with Gasteiger partial charge in [0.25, 0.3) is 0 Å². The van der Waals surface area contributed by atoms with Crippen LogP contribution in [-0.2, 0) is 24.1 Å². The number of anilines is 1. The van der Waals surface area contributed by atoms with Crippen LogP contribution in [0.15, 0.2) is 53.3 Å². The summed E-state index contributed by atoms with van der Waals surface area (Å²) in [6, 6.07) is 16.1. The molecule has 0 N–H and O–H groups in total. The van der Waals surface area contributed by atoms with Gasteiger partial charge in [0.15, 0.2) is 5.43 Å². The van der Waals surface area contributed by atoms with Gasteiger partial charge in [0.2, 0.25) is 5.91 Å². The molecule has 1 aliphatic carbocycles. The number of aromatic nitrogens is 1. The SMILES string of the molecule is COc1ccc2c(c1)CCc1c-2n(-c2ccccc2)c2c(c1=O)CCCN2C(C)=O. The molecule has 1 aromatic heterocycles. The number of aryl methyl sites for hydroxylation is 1. The van der Waals surface area contributed by atoms with Gasteiger partial charge in [0.05, 0.1) is 12.8 Å². The number of rotatable bonds is 2. The van der Waals surface area contributed by atoms with Crippen LogP contribution in [0, 0.1) is 0 Å². The van der Waals surface area contributed by atoms with Crippen molar-refractivity contribution in [2.24, 2.45) is 0 Å². The van der Waals surface area contributed by atoms with Crippen molar-refractivity contribution in [1.29, 1.82) is 0 Å². The van der Waals surface area contributed by atoms with Crippen LogP contribution >= 0.6 is 0 Å². The Balaban J connectivity index is 1.92. The molecule has 0 unspecified atom stereocenters. The van der Waals surface area contributed by atoms with Crippen molar-refractivity contribution in [3.8, 4) is 22.7 Å². The largest absolute Gasteiger partial charge is 0.497 e. The van der Waals surface area contributed by atoms with E-state index in [2.05, 4.69) is 10.6 Å². The van der Waals surface area contributed by atoms with Crippen molar-refractivity contribution >= 4 is 11.7 Å². The summed E-state index contributed by atoms with van der Waals surface area (Å²) in [5.41, 5.74) is 5.77. The van der Waals surface area contributed by atoms with E-state index in [4.69, 9.17) is 4.74 Å². The minimum absolute atomic E-state index is 0.0363. The topological polar surface area (TPSA) is 51.5 Å². The molecule has 5 heteroatoms. The molecule has 2 heterocycles. The van der Waals surface area contributed by atoms with E-state index in [1.165, 1.54) is 0 Å². The highest BCUT2D eigenvalue weighted by Crippen LogP contribution is 2.40. The molecule has 3 aromatic rings. The molecule has 0 radical (unpaired) electrons. The summed E-state index contributed by atoms with van der Waals surface area (Å²) in [4.78, 5) is 27.9. The quantitative estimate of drug-likeness (QED) is 0.655. The van der Waals surface area contributed by atoms with Crippen molar-refractivity contribution in [3.05, 3.63) is 75.4 Å². The van der Waals surface area contributed by atoms with E-state index in [9.17, 15) is 9.59 Å². The van der Waals surface area contributed by atoms with Gasteiger partial charge in [-0.3, -0.25) is 19.1 Å². The molecule has 0 bridgehead atoms. The molecule has 2 aromatic carbocycles. The van der Waals surface area contributed by atoms with E-state index in [1.54, 1.807) is 18.9 Å². The molecule has 2 aliphatic rings. The number of carbonyl (C=O) groups is 1. The smallest absolute Gasteiger partial charge is 0.224 e. The summed E-state index contributed by atoms with van der Waals surface area (Å²) in [5, 5.41) is 0. The summed E-state index contributed by atoms with van der Waals surface area (Å²) in [7, 11) is 1.67. The zero-order valence-corrected chi connectivity index (χ0v) is 17.3. The molecule has 0 spiro atoms. The Kier molecular flexibility index (Phi) is 4.46. The van der Waals surface area contributed by atoms with Gasteiger partial charge in [-0.2, -0.15) is 0 Å². The van der Waals surface area contributed by atoms with Gasteiger partial charge in [-0.05, 0) is 61.6 Å². The molecule has 30 heavy (non-hydrogen) atoms. The molecule has 5 nitrogen and oxygen atoms in total. The molecule has 1 amide bonds. The minimum atomic E-state index is -0.0363. The van der Waals surface area contributed by atoms with E-state index >= 15 is 0 Å². The van der Waals surface area contributed by atoms with Crippen LogP contribution < -0.4 is 15.1 Å². The zero-order chi connectivity index (χ0) is 20.8. The van der Waals surface area contributed by atoms with Crippen molar-refractivity contribution in [3.63, 3.8) is 0 Å². The first-order chi connectivity index (χ1) is 14.6. The highest BCUT2D eigenvalue weighted by atomic mass is 16.5. The highest BCUT2D eigenvalue weighted by Gasteiger charge is 2.32. The molecule has 0 fully saturated rings. The number of amides is 1. The first-order valence-corrected chi connectivity index (χ1v) is 10.4. The lowest BCUT2D eigenvalue weighted by atomic mass is 9.86. The van der Waals surface area contributed by atoms with Crippen molar-refractivity contribution in [2.75, 3.05) is 18.6 Å². The Bertz CT molecular complexity index is 1210. The third-order valence-corrected chi connectivity index (χ3v) is 6.21. The van der Waals surface area contributed by atoms with Crippen molar-refractivity contribution < 1.29 is 9.53 Å². The average Bonchev–Trinajstić information content (AvgIpc) is 2.79. The fourth-order valence-corrected chi connectivity index (χ4v) is 4.84. The van der Waals surface area contributed by atoms with Crippen LogP contribution in [0.3, 0.4) is 0 Å². The molecular weight excluding hydrogens is 376 g/mol. The fourth-order valence-electron chi connectivity index (χ4n) is 4.84. The van der Waals surface area contributed by atoms with Gasteiger partial charge in [-0.15, -0.1) is 0 Å². The number of para-hydroxylation sites is 1. The number of ether oxygens (including phenoxy) is 1. The van der Waals surface area contributed by atoms with E-state index in [-0.39, 0.29) is 11.3 Å². The van der Waals surface area contributed by atoms with Crippen molar-refractivity contribution in [2.45, 2.75) is 32.6 Å². The summed E-state index contributed by atoms with van der Waals surface area (Å²) >= 11 is 0. The molecular formula is C25H24N2O3. The van der Waals surface area contributed by atoms with Gasteiger partial charge in [0.1, 0.15) is 11.6 Å². The third-order valence-electron chi connectivity index (χ3n) is 6.21. The molecule has 5 rings (SSSR count). The van der Waals surface area contributed by atoms with Gasteiger partial charge in [0, 0.05) is 35.8 Å². The van der Waals surface area contributed by atoms with Crippen LogP contribution in [-0.4, -0.2) is 24.1 Å². The van der Waals surface area contributed by atoms with Gasteiger partial charge >= 0.3 is 0 Å². The number of hydrogen-bond donors (Lipinski definition) is 0. The van der Waals surface area contributed by atoms with Crippen molar-refractivity contribution in [1.82, 2.24) is 4.57 Å². The lowest BCUT2D eigenvalue weighted by molar-refractivity contribution is -0.116. The molecule has 0 saturated heterocycles. The number of pyridine rings is 1. The molecule has 1 aliphatic heterocycles. The van der Waals surface area contributed by atoms with E-state index in [1.807, 2.05) is 42.5 Å². The first-order valence-electron chi connectivity index (χ1n) is 10.4. The van der Waals surface area contributed by atoms with Gasteiger partial charge < -0.3 is 4.74 Å². The lowest BCUT2D eigenvalue weighted by Crippen LogP contribution is -2.40. The van der Waals surface area contributed by atoms with Crippen LogP contribution in [0.4, 0.5) is 5.82 Å². The number of carbonyl (C=O) groups excluding carboxylic acids is 1. The maximum absolute atomic E-state index is 13.6. The Morgan fingerprint density at radius 2 is 1.80 bits per heavy atom. The van der Waals surface area contributed by atoms with Crippen LogP contribution in [0.25, 0.3) is 16.9 Å². The maximum atomic E-state index is 13.6. The normalized spacial score (nSPS) is 14.5. The van der Waals surface area contributed by atoms with Gasteiger partial charge in [-0.1, -0.05) is 18.2 Å². The number of nitrogens with zero attached hydrogens (tertiary/aromatic N) is 2. The van der Waals surface area contributed by atoms with E-state index < -0.39 is 0 Å². The minimum Gasteiger partial charge on any atom is -0.497 e. The Hall–Kier alpha value is -3.34. The molecule has 0 saturated carbocycles. The van der Waals surface area contributed by atoms with E-state index in [0.717, 1.165) is 58.0 Å². The van der Waals surface area contributed by atoms with Crippen LogP contribution in [0.1, 0.15) is 30.0 Å². The second-order valence-electron chi connectivity index (χ2n) is 7.93. The molecule has 0 atom stereocenters. The predicted molar refractivity (Wildman–Crippen MR) is 118 cm³/mol. The third kappa shape index (κ3) is 2.76. The first kappa shape index (κ1) is 18.7. The Morgan fingerprint density at radius 3 is 2.53 bits per heavy atom. The number of hydrogen-bond acceptors (Lipinski definition) is 3. The second kappa shape index (κ2) is 7.17. The van der Waals surface area contributed by atoms with E-state index in [0.29, 0.717) is 19.4 Å². The van der Waals surface area contributed by atoms with Crippen LogP contribution in [0.2, 0.25) is 0 Å². The second-order valence-corrected chi connectivity index (χ2v) is 7.93. The number of methoxy groups -OCH3 is 1. The monoisotopic (exact) mass is 400 g/mol. The van der Waals surface area contributed by atoms with Crippen LogP contribution in [0.5, 0.6) is 5.75 Å².